The number of ether oxygens (including phenoxy) is 2. The largest absolute Gasteiger partial charge is 0.494 e. The van der Waals surface area contributed by atoms with E-state index in [1.807, 2.05) is 0 Å². The molecule has 1 fully saturated rings. The number of nitrogens with one attached hydrogen (secondary N) is 2. The van der Waals surface area contributed by atoms with Gasteiger partial charge in [-0.25, -0.2) is 14.4 Å². The molecular weight excluding hydrogens is 465 g/mol. The Morgan fingerprint density at radius 2 is 2.18 bits per heavy atom. The highest BCUT2D eigenvalue weighted by atomic mass is 35.5. The molecule has 11 heteroatoms. The first kappa shape index (κ1) is 23.4. The molecule has 0 aliphatic carbocycles. The summed E-state index contributed by atoms with van der Waals surface area (Å²) in [7, 11) is 1.48. The highest BCUT2D eigenvalue weighted by molar-refractivity contribution is 6.31. The summed E-state index contributed by atoms with van der Waals surface area (Å²) in [5, 5.41) is 6.44. The molecule has 176 valence electrons. The van der Waals surface area contributed by atoms with Crippen molar-refractivity contribution in [2.45, 2.75) is 0 Å². The van der Waals surface area contributed by atoms with Crippen LogP contribution in [0.15, 0.2) is 48.8 Å². The van der Waals surface area contributed by atoms with Gasteiger partial charge in [-0.15, -0.1) is 0 Å². The van der Waals surface area contributed by atoms with Crippen LogP contribution in [0.5, 0.6) is 5.75 Å². The highest BCUT2D eigenvalue weighted by Crippen LogP contribution is 2.33. The quantitative estimate of drug-likeness (QED) is 0.493. The third-order valence-corrected chi connectivity index (χ3v) is 5.37. The molecule has 2 heterocycles. The molecule has 0 bridgehead atoms. The van der Waals surface area contributed by atoms with Crippen molar-refractivity contribution < 1.29 is 23.5 Å². The summed E-state index contributed by atoms with van der Waals surface area (Å²) in [5.74, 6) is -0.190. The molecule has 2 N–H and O–H groups in total. The lowest BCUT2D eigenvalue weighted by Crippen LogP contribution is -2.41. The van der Waals surface area contributed by atoms with Crippen LogP contribution in [-0.2, 0) is 14.3 Å². The molecule has 3 aromatic rings. The zero-order valence-corrected chi connectivity index (χ0v) is 18.9. The van der Waals surface area contributed by atoms with E-state index in [9.17, 15) is 14.0 Å². The topological polar surface area (TPSA) is 106 Å². The molecule has 0 saturated carbocycles. The van der Waals surface area contributed by atoms with Crippen LogP contribution < -0.4 is 15.4 Å². The molecule has 34 heavy (non-hydrogen) atoms. The van der Waals surface area contributed by atoms with Crippen LogP contribution in [0.25, 0.3) is 10.9 Å². The third-order valence-electron chi connectivity index (χ3n) is 5.08. The Bertz CT molecular complexity index is 1270. The Balaban J connectivity index is 1.55. The molecule has 2 aromatic carbocycles. The lowest BCUT2D eigenvalue weighted by Gasteiger charge is -2.25. The van der Waals surface area contributed by atoms with Gasteiger partial charge in [0.05, 0.1) is 29.9 Å². The molecule has 2 amide bonds. The second-order valence-electron chi connectivity index (χ2n) is 7.33. The van der Waals surface area contributed by atoms with Crippen LogP contribution in [0.3, 0.4) is 0 Å². The Morgan fingerprint density at radius 1 is 1.32 bits per heavy atom. The third kappa shape index (κ3) is 5.41. The van der Waals surface area contributed by atoms with E-state index >= 15 is 0 Å². The molecule has 0 unspecified atom stereocenters. The molecule has 0 atom stereocenters. The molecule has 1 aliphatic rings. The zero-order valence-electron chi connectivity index (χ0n) is 18.2. The van der Waals surface area contributed by atoms with Crippen molar-refractivity contribution in [2.24, 2.45) is 0 Å². The average molecular weight is 486 g/mol. The number of carbonyl (C=O) groups excluding carboxylic acids is 2. The number of morpholine rings is 1. The van der Waals surface area contributed by atoms with E-state index in [1.54, 1.807) is 23.1 Å². The lowest BCUT2D eigenvalue weighted by atomic mass is 10.1. The lowest BCUT2D eigenvalue weighted by molar-refractivity contribution is -0.141. The number of carbonyl (C=O) groups is 2. The number of methoxy groups -OCH3 is 1. The monoisotopic (exact) mass is 485 g/mol. The summed E-state index contributed by atoms with van der Waals surface area (Å²) in [6.45, 7) is 1.32. The second-order valence-corrected chi connectivity index (χ2v) is 7.74. The smallest absolute Gasteiger partial charge is 0.248 e. The molecule has 9 nitrogen and oxygen atoms in total. The van der Waals surface area contributed by atoms with Gasteiger partial charge in [0.15, 0.2) is 0 Å². The first-order valence-electron chi connectivity index (χ1n) is 10.3. The SMILES string of the molecule is COc1cc2ncnc(Nc3ccc(F)c(Cl)c3)c2cc1NC(=O)/C=C/CN1CCOCC1=O. The second kappa shape index (κ2) is 10.4. The van der Waals surface area contributed by atoms with Gasteiger partial charge in [0.2, 0.25) is 11.8 Å². The maximum atomic E-state index is 13.5. The standard InChI is InChI=1S/C23H21ClFN5O4/c1-33-20-11-18-15(23(27-13-26-18)28-14-4-5-17(25)16(24)9-14)10-19(20)29-21(31)3-2-6-30-7-8-34-12-22(30)32/h2-5,9-11,13H,6-8,12H2,1H3,(H,29,31)(H,26,27,28)/b3-2+. The number of rotatable bonds is 7. The Hall–Kier alpha value is -3.76. The van der Waals surface area contributed by atoms with E-state index in [0.717, 1.165) is 0 Å². The summed E-state index contributed by atoms with van der Waals surface area (Å²) in [4.78, 5) is 34.4. The van der Waals surface area contributed by atoms with Gasteiger partial charge >= 0.3 is 0 Å². The van der Waals surface area contributed by atoms with Gasteiger partial charge in [-0.05, 0) is 24.3 Å². The van der Waals surface area contributed by atoms with Crippen molar-refractivity contribution in [3.8, 4) is 5.75 Å². The number of fused-ring (bicyclic) bond motifs is 1. The fraction of sp³-hybridized carbons (Fsp3) is 0.217. The number of amides is 2. The van der Waals surface area contributed by atoms with Crippen LogP contribution in [0.4, 0.5) is 21.6 Å². The van der Waals surface area contributed by atoms with Gasteiger partial charge in [0, 0.05) is 36.3 Å². The maximum absolute atomic E-state index is 13.5. The Kier molecular flexibility index (Phi) is 7.19. The zero-order chi connectivity index (χ0) is 24.1. The van der Waals surface area contributed by atoms with Crippen molar-refractivity contribution >= 4 is 51.5 Å². The molecule has 0 spiro atoms. The molecular formula is C23H21ClFN5O4. The summed E-state index contributed by atoms with van der Waals surface area (Å²) < 4.78 is 24.0. The van der Waals surface area contributed by atoms with E-state index in [1.165, 1.54) is 37.7 Å². The maximum Gasteiger partial charge on any atom is 0.248 e. The predicted octanol–water partition coefficient (Wildman–Crippen LogP) is 3.53. The van der Waals surface area contributed by atoms with Crippen molar-refractivity contribution in [3.05, 3.63) is 59.7 Å². The van der Waals surface area contributed by atoms with Crippen LogP contribution >= 0.6 is 11.6 Å². The van der Waals surface area contributed by atoms with E-state index in [2.05, 4.69) is 20.6 Å². The minimum Gasteiger partial charge on any atom is -0.494 e. The minimum absolute atomic E-state index is 0.0245. The number of nitrogens with zero attached hydrogens (tertiary/aromatic N) is 3. The highest BCUT2D eigenvalue weighted by Gasteiger charge is 2.17. The number of aromatic nitrogens is 2. The van der Waals surface area contributed by atoms with Gasteiger partial charge in [0.1, 0.15) is 30.3 Å². The summed E-state index contributed by atoms with van der Waals surface area (Å²) >= 11 is 5.87. The van der Waals surface area contributed by atoms with Gasteiger partial charge < -0.3 is 25.0 Å². The molecule has 0 radical (unpaired) electrons. The van der Waals surface area contributed by atoms with Gasteiger partial charge in [-0.2, -0.15) is 0 Å². The molecule has 1 aromatic heterocycles. The number of benzene rings is 2. The van der Waals surface area contributed by atoms with Crippen LogP contribution in [0, 0.1) is 5.82 Å². The summed E-state index contributed by atoms with van der Waals surface area (Å²) in [5.41, 5.74) is 1.51. The van der Waals surface area contributed by atoms with E-state index in [0.29, 0.717) is 53.5 Å². The van der Waals surface area contributed by atoms with E-state index in [4.69, 9.17) is 21.1 Å². The van der Waals surface area contributed by atoms with E-state index < -0.39 is 11.7 Å². The Morgan fingerprint density at radius 3 is 2.94 bits per heavy atom. The average Bonchev–Trinajstić information content (AvgIpc) is 2.82. The van der Waals surface area contributed by atoms with Crippen LogP contribution in [0.1, 0.15) is 0 Å². The number of hydrogen-bond acceptors (Lipinski definition) is 7. The first-order chi connectivity index (χ1) is 16.4. The Labute approximate surface area is 199 Å². The molecule has 1 saturated heterocycles. The van der Waals surface area contributed by atoms with Crippen LogP contribution in [-0.4, -0.2) is 60.1 Å². The van der Waals surface area contributed by atoms with Gasteiger partial charge in [0.25, 0.3) is 0 Å². The van der Waals surface area contributed by atoms with Crippen molar-refractivity contribution in [1.29, 1.82) is 0 Å². The van der Waals surface area contributed by atoms with Crippen molar-refractivity contribution in [1.82, 2.24) is 14.9 Å². The molecule has 4 rings (SSSR count). The van der Waals surface area contributed by atoms with Gasteiger partial charge in [-0.3, -0.25) is 9.59 Å². The van der Waals surface area contributed by atoms with Crippen LogP contribution in [0.2, 0.25) is 5.02 Å². The normalized spacial score (nSPS) is 14.0. The minimum atomic E-state index is -0.527. The summed E-state index contributed by atoms with van der Waals surface area (Å²) in [6, 6.07) is 7.58. The van der Waals surface area contributed by atoms with Crippen molar-refractivity contribution in [3.63, 3.8) is 0 Å². The van der Waals surface area contributed by atoms with Gasteiger partial charge in [-0.1, -0.05) is 17.7 Å². The first-order valence-corrected chi connectivity index (χ1v) is 10.7. The number of halogens is 2. The number of anilines is 3. The fourth-order valence-electron chi connectivity index (χ4n) is 3.37. The fourth-order valence-corrected chi connectivity index (χ4v) is 3.55. The number of hydrogen-bond donors (Lipinski definition) is 2. The van der Waals surface area contributed by atoms with E-state index in [-0.39, 0.29) is 17.5 Å². The van der Waals surface area contributed by atoms with Crippen molar-refractivity contribution in [2.75, 3.05) is 44.0 Å². The predicted molar refractivity (Wildman–Crippen MR) is 126 cm³/mol. The summed E-state index contributed by atoms with van der Waals surface area (Å²) in [6.07, 6.45) is 4.34. The molecule has 1 aliphatic heterocycles.